The molecule has 0 saturated carbocycles. The second-order valence-corrected chi connectivity index (χ2v) is 5.62. The molecule has 0 aliphatic rings. The zero-order valence-electron chi connectivity index (χ0n) is 11.7. The predicted molar refractivity (Wildman–Crippen MR) is 85.0 cm³/mol. The van der Waals surface area contributed by atoms with E-state index in [4.69, 9.17) is 0 Å². The molecule has 6 heteroatoms. The Balaban J connectivity index is 2.02. The molecule has 3 aromatic rings. The number of anilines is 1. The van der Waals surface area contributed by atoms with Gasteiger partial charge in [0.05, 0.1) is 0 Å². The molecule has 0 aliphatic heterocycles. The molecule has 0 radical (unpaired) electrons. The highest BCUT2D eigenvalue weighted by atomic mass is 32.1. The normalized spacial score (nSPS) is 10.5. The van der Waals surface area contributed by atoms with Crippen LogP contribution < -0.4 is 5.32 Å². The van der Waals surface area contributed by atoms with Gasteiger partial charge in [-0.2, -0.15) is 0 Å². The third kappa shape index (κ3) is 3.01. The Labute approximate surface area is 130 Å². The molecule has 0 bridgehead atoms. The smallest absolute Gasteiger partial charge is 0.223 e. The maximum atomic E-state index is 13.1. The average molecular weight is 313 g/mol. The first-order valence-corrected chi connectivity index (χ1v) is 7.41. The van der Waals surface area contributed by atoms with Crippen molar-refractivity contribution in [3.8, 4) is 21.7 Å². The Morgan fingerprint density at radius 2 is 1.73 bits per heavy atom. The lowest BCUT2D eigenvalue weighted by molar-refractivity contribution is -0.114. The number of aromatic nitrogens is 2. The molecule has 4 nitrogen and oxygen atoms in total. The molecule has 1 N–H and O–H groups in total. The molecular formula is C16H12FN3OS. The van der Waals surface area contributed by atoms with E-state index in [0.717, 1.165) is 16.7 Å². The van der Waals surface area contributed by atoms with Gasteiger partial charge in [0.15, 0.2) is 0 Å². The minimum absolute atomic E-state index is 0.186. The van der Waals surface area contributed by atoms with Crippen LogP contribution in [0.15, 0.2) is 48.5 Å². The number of hydrogen-bond donors (Lipinski definition) is 1. The van der Waals surface area contributed by atoms with Crippen LogP contribution in [-0.2, 0) is 4.79 Å². The Hall–Kier alpha value is -2.60. The molecule has 0 aliphatic carbocycles. The summed E-state index contributed by atoms with van der Waals surface area (Å²) < 4.78 is 13.1. The van der Waals surface area contributed by atoms with Crippen LogP contribution in [0.1, 0.15) is 6.92 Å². The number of benzene rings is 2. The van der Waals surface area contributed by atoms with Crippen LogP contribution in [0.2, 0.25) is 0 Å². The van der Waals surface area contributed by atoms with Crippen molar-refractivity contribution in [2.45, 2.75) is 6.92 Å². The third-order valence-electron chi connectivity index (χ3n) is 3.02. The Kier molecular flexibility index (Phi) is 3.93. The number of amides is 1. The zero-order chi connectivity index (χ0) is 15.5. The second kappa shape index (κ2) is 6.03. The highest BCUT2D eigenvalue weighted by Gasteiger charge is 2.12. The molecule has 3 rings (SSSR count). The maximum Gasteiger partial charge on any atom is 0.223 e. The zero-order valence-corrected chi connectivity index (χ0v) is 12.5. The lowest BCUT2D eigenvalue weighted by Gasteiger charge is -2.06. The van der Waals surface area contributed by atoms with E-state index in [2.05, 4.69) is 15.5 Å². The van der Waals surface area contributed by atoms with Crippen molar-refractivity contribution in [3.63, 3.8) is 0 Å². The standard InChI is InChI=1S/C16H12FN3OS/c1-10(21)18-16-20-19-15(22-16)14-5-3-2-4-13(14)11-6-8-12(17)9-7-11/h2-9H,1H3,(H,18,20,21). The lowest BCUT2D eigenvalue weighted by atomic mass is 10.0. The Bertz CT molecular complexity index is 814. The third-order valence-corrected chi connectivity index (χ3v) is 3.89. The number of hydrogen-bond acceptors (Lipinski definition) is 4. The number of carbonyl (C=O) groups is 1. The van der Waals surface area contributed by atoms with Crippen LogP contribution in [0, 0.1) is 5.82 Å². The van der Waals surface area contributed by atoms with Crippen molar-refractivity contribution >= 4 is 22.4 Å². The molecule has 1 aromatic heterocycles. The molecule has 1 amide bonds. The van der Waals surface area contributed by atoms with Gasteiger partial charge in [-0.3, -0.25) is 4.79 Å². The van der Waals surface area contributed by atoms with Gasteiger partial charge in [0.1, 0.15) is 10.8 Å². The van der Waals surface area contributed by atoms with E-state index in [1.165, 1.54) is 30.4 Å². The van der Waals surface area contributed by atoms with Gasteiger partial charge in [0, 0.05) is 12.5 Å². The maximum absolute atomic E-state index is 13.1. The predicted octanol–water partition coefficient (Wildman–Crippen LogP) is 3.97. The summed E-state index contributed by atoms with van der Waals surface area (Å²) in [5, 5.41) is 11.9. The molecule has 0 spiro atoms. The van der Waals surface area contributed by atoms with Crippen molar-refractivity contribution in [2.24, 2.45) is 0 Å². The van der Waals surface area contributed by atoms with Crippen LogP contribution in [0.5, 0.6) is 0 Å². The number of nitrogens with zero attached hydrogens (tertiary/aromatic N) is 2. The first kappa shape index (κ1) is 14.3. The van der Waals surface area contributed by atoms with Crippen molar-refractivity contribution in [2.75, 3.05) is 5.32 Å². The van der Waals surface area contributed by atoms with Gasteiger partial charge >= 0.3 is 0 Å². The highest BCUT2D eigenvalue weighted by molar-refractivity contribution is 7.18. The molecule has 110 valence electrons. The van der Waals surface area contributed by atoms with Gasteiger partial charge in [-0.05, 0) is 23.3 Å². The van der Waals surface area contributed by atoms with E-state index >= 15 is 0 Å². The summed E-state index contributed by atoms with van der Waals surface area (Å²) >= 11 is 1.30. The molecule has 2 aromatic carbocycles. The molecule has 1 heterocycles. The van der Waals surface area contributed by atoms with Crippen LogP contribution in [-0.4, -0.2) is 16.1 Å². The van der Waals surface area contributed by atoms with E-state index in [1.54, 1.807) is 12.1 Å². The van der Waals surface area contributed by atoms with Crippen LogP contribution >= 0.6 is 11.3 Å². The summed E-state index contributed by atoms with van der Waals surface area (Å²) in [7, 11) is 0. The van der Waals surface area contributed by atoms with Crippen molar-refractivity contribution in [1.29, 1.82) is 0 Å². The topological polar surface area (TPSA) is 54.9 Å². The van der Waals surface area contributed by atoms with Crippen molar-refractivity contribution in [3.05, 3.63) is 54.3 Å². The summed E-state index contributed by atoms with van der Waals surface area (Å²) in [5.41, 5.74) is 2.73. The van der Waals surface area contributed by atoms with Crippen molar-refractivity contribution < 1.29 is 9.18 Å². The number of halogens is 1. The molecule has 0 unspecified atom stereocenters. The van der Waals surface area contributed by atoms with Gasteiger partial charge in [-0.1, -0.05) is 47.7 Å². The summed E-state index contributed by atoms with van der Waals surface area (Å²) in [5.74, 6) is -0.459. The molecule has 0 fully saturated rings. The first-order valence-electron chi connectivity index (χ1n) is 6.60. The number of carbonyl (C=O) groups excluding carboxylic acids is 1. The highest BCUT2D eigenvalue weighted by Crippen LogP contribution is 2.34. The van der Waals surface area contributed by atoms with Crippen LogP contribution in [0.3, 0.4) is 0 Å². The average Bonchev–Trinajstić information content (AvgIpc) is 2.96. The van der Waals surface area contributed by atoms with Crippen LogP contribution in [0.4, 0.5) is 9.52 Å². The van der Waals surface area contributed by atoms with Gasteiger partial charge in [-0.15, -0.1) is 10.2 Å². The van der Waals surface area contributed by atoms with Crippen LogP contribution in [0.25, 0.3) is 21.7 Å². The fourth-order valence-electron chi connectivity index (χ4n) is 2.08. The van der Waals surface area contributed by atoms with Gasteiger partial charge in [0.25, 0.3) is 0 Å². The molecule has 0 atom stereocenters. The molecule has 22 heavy (non-hydrogen) atoms. The quantitative estimate of drug-likeness (QED) is 0.796. The monoisotopic (exact) mass is 313 g/mol. The Morgan fingerprint density at radius 3 is 2.41 bits per heavy atom. The van der Waals surface area contributed by atoms with E-state index in [-0.39, 0.29) is 11.7 Å². The SMILES string of the molecule is CC(=O)Nc1nnc(-c2ccccc2-c2ccc(F)cc2)s1. The second-order valence-electron chi connectivity index (χ2n) is 4.65. The summed E-state index contributed by atoms with van der Waals surface area (Å²) in [6.07, 6.45) is 0. The molecule has 0 saturated heterocycles. The molecular weight excluding hydrogens is 301 g/mol. The van der Waals surface area contributed by atoms with E-state index in [9.17, 15) is 9.18 Å². The minimum Gasteiger partial charge on any atom is -0.301 e. The van der Waals surface area contributed by atoms with Gasteiger partial charge < -0.3 is 5.32 Å². The van der Waals surface area contributed by atoms with Gasteiger partial charge in [0.2, 0.25) is 11.0 Å². The Morgan fingerprint density at radius 1 is 1.05 bits per heavy atom. The number of rotatable bonds is 3. The lowest BCUT2D eigenvalue weighted by Crippen LogP contribution is -2.04. The van der Waals surface area contributed by atoms with E-state index in [0.29, 0.717) is 10.1 Å². The van der Waals surface area contributed by atoms with Gasteiger partial charge in [-0.25, -0.2) is 4.39 Å². The number of nitrogens with one attached hydrogen (secondary N) is 1. The van der Waals surface area contributed by atoms with Crippen molar-refractivity contribution in [1.82, 2.24) is 10.2 Å². The summed E-state index contributed by atoms with van der Waals surface area (Å²) in [6, 6.07) is 14.0. The first-order chi connectivity index (χ1) is 10.6. The van der Waals surface area contributed by atoms with E-state index < -0.39 is 0 Å². The summed E-state index contributed by atoms with van der Waals surface area (Å²) in [6.45, 7) is 1.42. The summed E-state index contributed by atoms with van der Waals surface area (Å²) in [4.78, 5) is 11.1. The fraction of sp³-hybridized carbons (Fsp3) is 0.0625. The largest absolute Gasteiger partial charge is 0.301 e. The minimum atomic E-state index is -0.273. The van der Waals surface area contributed by atoms with E-state index in [1.807, 2.05) is 24.3 Å². The fourth-order valence-corrected chi connectivity index (χ4v) is 2.91.